The Hall–Kier alpha value is -2.39. The molecule has 0 saturated carbocycles. The molecule has 10 heteroatoms. The van der Waals surface area contributed by atoms with Crippen LogP contribution in [0.15, 0.2) is 5.16 Å². The third-order valence-electron chi connectivity index (χ3n) is 2.30. The molecule has 0 aliphatic carbocycles. The van der Waals surface area contributed by atoms with Gasteiger partial charge >= 0.3 is 0 Å². The van der Waals surface area contributed by atoms with Crippen molar-refractivity contribution in [3.8, 4) is 0 Å². The fourth-order valence-electron chi connectivity index (χ4n) is 1.33. The molecule has 0 saturated heterocycles. The second-order valence-corrected chi connectivity index (χ2v) is 3.70. The van der Waals surface area contributed by atoms with E-state index in [-0.39, 0.29) is 0 Å². The smallest absolute Gasteiger partial charge is 0.260 e. The van der Waals surface area contributed by atoms with Crippen LogP contribution < -0.4 is 5.73 Å². The highest BCUT2D eigenvalue weighted by Gasteiger charge is 2.31. The zero-order valence-electron chi connectivity index (χ0n) is 9.92. The number of carbonyl (C=O) groups excluding carboxylic acids is 1. The lowest BCUT2D eigenvalue weighted by Crippen LogP contribution is -2.36. The van der Waals surface area contributed by atoms with E-state index >= 15 is 0 Å². The molecule has 0 radical (unpaired) electrons. The molecular weight excluding hydrogens is 289 g/mol. The van der Waals surface area contributed by atoms with E-state index in [1.54, 1.807) is 0 Å². The van der Waals surface area contributed by atoms with Gasteiger partial charge in [-0.15, -0.1) is 0 Å². The van der Waals surface area contributed by atoms with Crippen LogP contribution in [0.25, 0.3) is 0 Å². The van der Waals surface area contributed by atoms with Gasteiger partial charge in [-0.3, -0.25) is 4.79 Å². The molecule has 0 aliphatic rings. The second-order valence-electron chi connectivity index (χ2n) is 3.70. The van der Waals surface area contributed by atoms with Gasteiger partial charge in [0.2, 0.25) is 5.82 Å². The minimum atomic E-state index is -2.37. The third-order valence-corrected chi connectivity index (χ3v) is 2.30. The Bertz CT molecular complexity index is 562. The topological polar surface area (TPSA) is 78.9 Å². The maximum absolute atomic E-state index is 13.4. The Morgan fingerprint density at radius 1 is 1.10 bits per heavy atom. The van der Waals surface area contributed by atoms with Gasteiger partial charge in [0.25, 0.3) is 5.91 Å². The maximum atomic E-state index is 13.4. The Morgan fingerprint density at radius 2 is 1.50 bits per heavy atom. The van der Waals surface area contributed by atoms with E-state index in [9.17, 15) is 26.7 Å². The number of nitrogens with zero attached hydrogens (tertiary/aromatic N) is 2. The first-order valence-electron chi connectivity index (χ1n) is 4.95. The zero-order chi connectivity index (χ0) is 15.6. The van der Waals surface area contributed by atoms with E-state index in [1.807, 2.05) is 0 Å². The zero-order valence-corrected chi connectivity index (χ0v) is 9.92. The normalized spacial score (nSPS) is 11.6. The van der Waals surface area contributed by atoms with E-state index in [0.29, 0.717) is 4.90 Å². The molecule has 0 atom stereocenters. The molecule has 0 aromatic heterocycles. The number of halogens is 5. The monoisotopic (exact) mass is 297 g/mol. The van der Waals surface area contributed by atoms with Crippen LogP contribution in [0.3, 0.4) is 0 Å². The number of rotatable bonds is 3. The number of benzene rings is 1. The molecular formula is C10H8F5N3O2. The molecule has 5 nitrogen and oxygen atoms in total. The van der Waals surface area contributed by atoms with Gasteiger partial charge in [0.15, 0.2) is 29.1 Å². The van der Waals surface area contributed by atoms with E-state index in [0.717, 1.165) is 7.05 Å². The van der Waals surface area contributed by atoms with Crippen LogP contribution in [0, 0.1) is 29.1 Å². The van der Waals surface area contributed by atoms with Gasteiger partial charge in [0.05, 0.1) is 6.54 Å². The Morgan fingerprint density at radius 3 is 1.90 bits per heavy atom. The highest BCUT2D eigenvalue weighted by molar-refractivity contribution is 5.97. The number of amidine groups is 1. The summed E-state index contributed by atoms with van der Waals surface area (Å²) in [4.78, 5) is 12.2. The van der Waals surface area contributed by atoms with Crippen molar-refractivity contribution in [2.24, 2.45) is 10.9 Å². The SMILES string of the molecule is CN(CC(N)=NO)C(=O)c1c(F)c(F)c(F)c(F)c1F. The average molecular weight is 297 g/mol. The first-order valence-corrected chi connectivity index (χ1v) is 4.95. The molecule has 20 heavy (non-hydrogen) atoms. The van der Waals surface area contributed by atoms with Crippen LogP contribution in [-0.4, -0.2) is 35.4 Å². The van der Waals surface area contributed by atoms with Gasteiger partial charge in [-0.05, 0) is 0 Å². The number of likely N-dealkylation sites (N-methyl/N-ethyl adjacent to an activating group) is 1. The summed E-state index contributed by atoms with van der Waals surface area (Å²) in [6.45, 7) is -0.575. The molecule has 0 unspecified atom stereocenters. The van der Waals surface area contributed by atoms with Crippen molar-refractivity contribution in [1.82, 2.24) is 4.90 Å². The van der Waals surface area contributed by atoms with E-state index < -0.39 is 52.9 Å². The van der Waals surface area contributed by atoms with Crippen molar-refractivity contribution in [3.63, 3.8) is 0 Å². The Labute approximate surface area is 109 Å². The molecule has 110 valence electrons. The molecule has 1 aromatic rings. The van der Waals surface area contributed by atoms with Crippen LogP contribution in [0.1, 0.15) is 10.4 Å². The fourth-order valence-corrected chi connectivity index (χ4v) is 1.33. The van der Waals surface area contributed by atoms with E-state index in [1.165, 1.54) is 0 Å². The van der Waals surface area contributed by atoms with Crippen LogP contribution in [-0.2, 0) is 0 Å². The molecule has 1 rings (SSSR count). The van der Waals surface area contributed by atoms with Crippen LogP contribution >= 0.6 is 0 Å². The van der Waals surface area contributed by atoms with Gasteiger partial charge in [0, 0.05) is 7.05 Å². The first kappa shape index (κ1) is 15.7. The highest BCUT2D eigenvalue weighted by atomic mass is 19.2. The molecule has 0 fully saturated rings. The number of carbonyl (C=O) groups is 1. The summed E-state index contributed by atoms with van der Waals surface area (Å²) < 4.78 is 65.4. The van der Waals surface area contributed by atoms with Crippen molar-refractivity contribution in [3.05, 3.63) is 34.6 Å². The van der Waals surface area contributed by atoms with Gasteiger partial charge in [-0.2, -0.15) is 0 Å². The summed E-state index contributed by atoms with van der Waals surface area (Å²) in [7, 11) is 0.971. The maximum Gasteiger partial charge on any atom is 0.260 e. The lowest BCUT2D eigenvalue weighted by atomic mass is 10.1. The minimum absolute atomic E-state index is 0.496. The van der Waals surface area contributed by atoms with Gasteiger partial charge < -0.3 is 15.8 Å². The molecule has 0 bridgehead atoms. The minimum Gasteiger partial charge on any atom is -0.409 e. The fraction of sp³-hybridized carbons (Fsp3) is 0.200. The largest absolute Gasteiger partial charge is 0.409 e. The molecule has 1 aromatic carbocycles. The molecule has 3 N–H and O–H groups in total. The average Bonchev–Trinajstić information content (AvgIpc) is 2.42. The Kier molecular flexibility index (Phi) is 4.48. The van der Waals surface area contributed by atoms with Crippen molar-refractivity contribution in [1.29, 1.82) is 0 Å². The number of hydrogen-bond donors (Lipinski definition) is 2. The summed E-state index contributed by atoms with van der Waals surface area (Å²) >= 11 is 0. The van der Waals surface area contributed by atoms with Crippen molar-refractivity contribution in [2.75, 3.05) is 13.6 Å². The van der Waals surface area contributed by atoms with Crippen molar-refractivity contribution >= 4 is 11.7 Å². The first-order chi connectivity index (χ1) is 9.22. The lowest BCUT2D eigenvalue weighted by molar-refractivity contribution is 0.0800. The van der Waals surface area contributed by atoms with Crippen molar-refractivity contribution < 1.29 is 32.0 Å². The molecule has 1 amide bonds. The van der Waals surface area contributed by atoms with Crippen LogP contribution in [0.5, 0.6) is 0 Å². The van der Waals surface area contributed by atoms with Gasteiger partial charge in [0.1, 0.15) is 5.56 Å². The second kappa shape index (κ2) is 5.72. The highest BCUT2D eigenvalue weighted by Crippen LogP contribution is 2.23. The predicted octanol–water partition coefficient (Wildman–Crippen LogP) is 1.20. The van der Waals surface area contributed by atoms with Gasteiger partial charge in [-0.25, -0.2) is 22.0 Å². The molecule has 0 spiro atoms. The number of oxime groups is 1. The van der Waals surface area contributed by atoms with E-state index in [4.69, 9.17) is 10.9 Å². The molecule has 0 heterocycles. The summed E-state index contributed by atoms with van der Waals surface area (Å²) in [6.07, 6.45) is 0. The summed E-state index contributed by atoms with van der Waals surface area (Å²) in [5.74, 6) is -13.3. The Balaban J connectivity index is 3.30. The van der Waals surface area contributed by atoms with E-state index in [2.05, 4.69) is 5.16 Å². The predicted molar refractivity (Wildman–Crippen MR) is 56.6 cm³/mol. The lowest BCUT2D eigenvalue weighted by Gasteiger charge is -2.17. The quantitative estimate of drug-likeness (QED) is 0.167. The summed E-state index contributed by atoms with van der Waals surface area (Å²) in [5, 5.41) is 10.8. The summed E-state index contributed by atoms with van der Waals surface area (Å²) in [5.41, 5.74) is 3.44. The van der Waals surface area contributed by atoms with Crippen LogP contribution in [0.4, 0.5) is 22.0 Å². The summed E-state index contributed by atoms with van der Waals surface area (Å²) in [6, 6.07) is 0. The number of hydrogen-bond acceptors (Lipinski definition) is 3. The van der Waals surface area contributed by atoms with Gasteiger partial charge in [-0.1, -0.05) is 5.16 Å². The standard InChI is InChI=1S/C10H8F5N3O2/c1-18(2-3(16)17-20)10(19)4-5(11)7(13)9(15)8(14)6(4)12/h20H,2H2,1H3,(H2,16,17). The molecule has 0 aliphatic heterocycles. The van der Waals surface area contributed by atoms with Crippen molar-refractivity contribution in [2.45, 2.75) is 0 Å². The third kappa shape index (κ3) is 2.63. The number of amides is 1. The number of nitrogens with two attached hydrogens (primary N) is 1. The van der Waals surface area contributed by atoms with Crippen LogP contribution in [0.2, 0.25) is 0 Å².